The number of rotatable bonds is 3. The number of benzene rings is 3. The van der Waals surface area contributed by atoms with Gasteiger partial charge in [0.05, 0.1) is 0 Å². The van der Waals surface area contributed by atoms with E-state index >= 15 is 0 Å². The average molecular weight is 326 g/mol. The predicted molar refractivity (Wildman–Crippen MR) is 107 cm³/mol. The predicted octanol–water partition coefficient (Wildman–Crippen LogP) is 5.81. The summed E-state index contributed by atoms with van der Waals surface area (Å²) in [6.45, 7) is 4.42. The van der Waals surface area contributed by atoms with E-state index in [0.717, 1.165) is 0 Å². The van der Waals surface area contributed by atoms with E-state index in [1.807, 2.05) is 0 Å². The molecule has 3 aromatic carbocycles. The largest absolute Gasteiger partial charge is 0.326 e. The highest BCUT2D eigenvalue weighted by Crippen LogP contribution is 2.33. The van der Waals surface area contributed by atoms with E-state index in [1.165, 1.54) is 28.1 Å². The number of nitrogens with zero attached hydrogens (tertiary/aromatic N) is 2. The van der Waals surface area contributed by atoms with Crippen LogP contribution in [-0.4, -0.2) is 6.17 Å². The minimum Gasteiger partial charge on any atom is -0.326 e. The van der Waals surface area contributed by atoms with E-state index in [1.54, 1.807) is 0 Å². The van der Waals surface area contributed by atoms with Crippen molar-refractivity contribution >= 4 is 11.4 Å². The summed E-state index contributed by atoms with van der Waals surface area (Å²) < 4.78 is 0. The van der Waals surface area contributed by atoms with Crippen LogP contribution in [-0.2, 0) is 0 Å². The smallest absolute Gasteiger partial charge is 0.107 e. The third-order valence-corrected chi connectivity index (χ3v) is 4.83. The minimum absolute atomic E-state index is 0.253. The van der Waals surface area contributed by atoms with Gasteiger partial charge in [0.2, 0.25) is 0 Å². The Morgan fingerprint density at radius 2 is 1.32 bits per heavy atom. The standard InChI is InChI=1S/C23H22N2/c1-18-17-21(20-9-5-3-6-10-20)13-14-23(18)25-16-15-24(19(25)2)22-11-7-4-8-12-22/h3-17,19H,1-2H3/t19-/m1/s1. The number of anilines is 2. The number of para-hydroxylation sites is 1. The summed E-state index contributed by atoms with van der Waals surface area (Å²) in [6, 6.07) is 27.8. The van der Waals surface area contributed by atoms with Gasteiger partial charge in [-0.15, -0.1) is 0 Å². The van der Waals surface area contributed by atoms with Gasteiger partial charge < -0.3 is 9.80 Å². The molecule has 0 N–H and O–H groups in total. The van der Waals surface area contributed by atoms with E-state index in [2.05, 4.69) is 115 Å². The molecule has 0 aromatic heterocycles. The van der Waals surface area contributed by atoms with Crippen LogP contribution in [0, 0.1) is 6.92 Å². The molecule has 2 nitrogen and oxygen atoms in total. The molecule has 124 valence electrons. The lowest BCUT2D eigenvalue weighted by Gasteiger charge is -2.31. The van der Waals surface area contributed by atoms with Crippen LogP contribution in [0.5, 0.6) is 0 Å². The van der Waals surface area contributed by atoms with Gasteiger partial charge in [-0.3, -0.25) is 0 Å². The molecular weight excluding hydrogens is 304 g/mol. The molecule has 0 amide bonds. The maximum atomic E-state index is 2.33. The first kappa shape index (κ1) is 15.5. The highest BCUT2D eigenvalue weighted by molar-refractivity contribution is 5.71. The molecule has 1 atom stereocenters. The second kappa shape index (κ2) is 6.48. The molecular formula is C23H22N2. The second-order valence-electron chi connectivity index (χ2n) is 6.45. The normalized spacial score (nSPS) is 16.5. The summed E-state index contributed by atoms with van der Waals surface area (Å²) in [4.78, 5) is 4.63. The molecule has 3 aromatic rings. The van der Waals surface area contributed by atoms with Crippen molar-refractivity contribution in [1.29, 1.82) is 0 Å². The van der Waals surface area contributed by atoms with Gasteiger partial charge in [-0.05, 0) is 54.8 Å². The Bertz CT molecular complexity index is 884. The fraction of sp³-hybridized carbons (Fsp3) is 0.130. The molecule has 0 aliphatic carbocycles. The summed E-state index contributed by atoms with van der Waals surface area (Å²) in [5.41, 5.74) is 6.27. The van der Waals surface area contributed by atoms with Crippen LogP contribution in [0.15, 0.2) is 91.3 Å². The molecule has 0 saturated carbocycles. The molecule has 25 heavy (non-hydrogen) atoms. The second-order valence-corrected chi connectivity index (χ2v) is 6.45. The first-order valence-electron chi connectivity index (χ1n) is 8.70. The van der Waals surface area contributed by atoms with Crippen LogP contribution >= 0.6 is 0 Å². The van der Waals surface area contributed by atoms with Crippen molar-refractivity contribution in [3.63, 3.8) is 0 Å². The van der Waals surface area contributed by atoms with Crippen LogP contribution in [0.2, 0.25) is 0 Å². The Kier molecular flexibility index (Phi) is 4.02. The molecule has 1 aliphatic rings. The van der Waals surface area contributed by atoms with Crippen LogP contribution < -0.4 is 9.80 Å². The van der Waals surface area contributed by atoms with Crippen LogP contribution in [0.3, 0.4) is 0 Å². The van der Waals surface area contributed by atoms with Crippen LogP contribution in [0.4, 0.5) is 11.4 Å². The number of hydrogen-bond donors (Lipinski definition) is 0. The van der Waals surface area contributed by atoms with Gasteiger partial charge in [-0.2, -0.15) is 0 Å². The van der Waals surface area contributed by atoms with Crippen molar-refractivity contribution < 1.29 is 0 Å². The molecule has 0 bridgehead atoms. The van der Waals surface area contributed by atoms with Crippen molar-refractivity contribution in [3.8, 4) is 11.1 Å². The van der Waals surface area contributed by atoms with Gasteiger partial charge in [0, 0.05) is 23.8 Å². The van der Waals surface area contributed by atoms with Gasteiger partial charge in [0.15, 0.2) is 0 Å². The zero-order chi connectivity index (χ0) is 17.2. The Labute approximate surface area is 149 Å². The molecule has 1 aliphatic heterocycles. The van der Waals surface area contributed by atoms with Crippen molar-refractivity contribution in [2.75, 3.05) is 9.80 Å². The maximum absolute atomic E-state index is 2.33. The Hall–Kier alpha value is -3.00. The van der Waals surface area contributed by atoms with Crippen LogP contribution in [0.1, 0.15) is 12.5 Å². The fourth-order valence-corrected chi connectivity index (χ4v) is 3.47. The first-order chi connectivity index (χ1) is 12.2. The van der Waals surface area contributed by atoms with Crippen molar-refractivity contribution in [1.82, 2.24) is 0 Å². The van der Waals surface area contributed by atoms with E-state index in [-0.39, 0.29) is 6.17 Å². The van der Waals surface area contributed by atoms with Gasteiger partial charge in [0.25, 0.3) is 0 Å². The zero-order valence-corrected chi connectivity index (χ0v) is 14.6. The molecule has 0 unspecified atom stereocenters. The Morgan fingerprint density at radius 3 is 2.00 bits per heavy atom. The monoisotopic (exact) mass is 326 g/mol. The van der Waals surface area contributed by atoms with E-state index in [0.29, 0.717) is 0 Å². The van der Waals surface area contributed by atoms with Gasteiger partial charge >= 0.3 is 0 Å². The molecule has 0 fully saturated rings. The van der Waals surface area contributed by atoms with E-state index < -0.39 is 0 Å². The van der Waals surface area contributed by atoms with Gasteiger partial charge in [-0.25, -0.2) is 0 Å². The fourth-order valence-electron chi connectivity index (χ4n) is 3.47. The van der Waals surface area contributed by atoms with Crippen molar-refractivity contribution in [2.24, 2.45) is 0 Å². The van der Waals surface area contributed by atoms with E-state index in [4.69, 9.17) is 0 Å². The van der Waals surface area contributed by atoms with Crippen molar-refractivity contribution in [2.45, 2.75) is 20.0 Å². The van der Waals surface area contributed by atoms with Crippen molar-refractivity contribution in [3.05, 3.63) is 96.8 Å². The molecule has 1 heterocycles. The molecule has 0 spiro atoms. The highest BCUT2D eigenvalue weighted by Gasteiger charge is 2.25. The molecule has 4 rings (SSSR count). The lowest BCUT2D eigenvalue weighted by atomic mass is 10.0. The lowest BCUT2D eigenvalue weighted by molar-refractivity contribution is 0.748. The third-order valence-electron chi connectivity index (χ3n) is 4.83. The summed E-state index contributed by atoms with van der Waals surface area (Å²) in [5, 5.41) is 0. The quantitative estimate of drug-likeness (QED) is 0.599. The average Bonchev–Trinajstić information content (AvgIpc) is 3.04. The molecule has 0 saturated heterocycles. The van der Waals surface area contributed by atoms with Gasteiger partial charge in [-0.1, -0.05) is 54.6 Å². The Morgan fingerprint density at radius 1 is 0.680 bits per heavy atom. The first-order valence-corrected chi connectivity index (χ1v) is 8.70. The molecule has 2 heteroatoms. The maximum Gasteiger partial charge on any atom is 0.107 e. The Balaban J connectivity index is 1.62. The summed E-state index contributed by atoms with van der Waals surface area (Å²) in [7, 11) is 0. The SMILES string of the molecule is Cc1cc(-c2ccccc2)ccc1N1C=CN(c2ccccc2)[C@H]1C. The lowest BCUT2D eigenvalue weighted by Crippen LogP contribution is -2.36. The summed E-state index contributed by atoms with van der Waals surface area (Å²) in [5.74, 6) is 0. The van der Waals surface area contributed by atoms with Crippen LogP contribution in [0.25, 0.3) is 11.1 Å². The zero-order valence-electron chi connectivity index (χ0n) is 14.6. The number of hydrogen-bond acceptors (Lipinski definition) is 2. The summed E-state index contributed by atoms with van der Waals surface area (Å²) >= 11 is 0. The van der Waals surface area contributed by atoms with E-state index in [9.17, 15) is 0 Å². The third kappa shape index (κ3) is 2.91. The minimum atomic E-state index is 0.253. The molecule has 0 radical (unpaired) electrons. The summed E-state index contributed by atoms with van der Waals surface area (Å²) in [6.07, 6.45) is 4.58. The highest BCUT2D eigenvalue weighted by atomic mass is 15.4. The topological polar surface area (TPSA) is 6.48 Å². The van der Waals surface area contributed by atoms with Gasteiger partial charge in [0.1, 0.15) is 6.17 Å². The number of aryl methyl sites for hydroxylation is 1.